The van der Waals surface area contributed by atoms with Gasteiger partial charge in [0.05, 0.1) is 12.8 Å². The third-order valence-corrected chi connectivity index (χ3v) is 5.09. The average Bonchev–Trinajstić information content (AvgIpc) is 3.09. The van der Waals surface area contributed by atoms with Crippen LogP contribution in [0.2, 0.25) is 0 Å². The Morgan fingerprint density at radius 2 is 2.14 bits per heavy atom. The van der Waals surface area contributed by atoms with E-state index in [1.165, 1.54) is 32.8 Å². The number of primary amides is 1. The van der Waals surface area contributed by atoms with Crippen molar-refractivity contribution in [3.05, 3.63) is 23.8 Å². The molecule has 5 heteroatoms. The maximum atomic E-state index is 12.3. The second-order valence-corrected chi connectivity index (χ2v) is 6.47. The van der Waals surface area contributed by atoms with Gasteiger partial charge in [0.15, 0.2) is 0 Å². The minimum absolute atomic E-state index is 0.0162. The van der Waals surface area contributed by atoms with Gasteiger partial charge in [0.1, 0.15) is 5.75 Å². The molecule has 2 aliphatic carbocycles. The van der Waals surface area contributed by atoms with E-state index in [0.29, 0.717) is 29.3 Å². The first-order valence-corrected chi connectivity index (χ1v) is 7.84. The second kappa shape index (κ2) is 5.99. The van der Waals surface area contributed by atoms with E-state index < -0.39 is 5.91 Å². The molecule has 3 N–H and O–H groups in total. The van der Waals surface area contributed by atoms with Crippen molar-refractivity contribution in [1.29, 1.82) is 0 Å². The van der Waals surface area contributed by atoms with Gasteiger partial charge < -0.3 is 15.8 Å². The zero-order valence-electron chi connectivity index (χ0n) is 12.8. The summed E-state index contributed by atoms with van der Waals surface area (Å²) in [7, 11) is 1.53. The number of hydrogen-bond acceptors (Lipinski definition) is 3. The highest BCUT2D eigenvalue weighted by Crippen LogP contribution is 2.49. The predicted octanol–water partition coefficient (Wildman–Crippen LogP) is 2.56. The molecule has 118 valence electrons. The van der Waals surface area contributed by atoms with E-state index in [2.05, 4.69) is 5.32 Å². The van der Waals surface area contributed by atoms with Gasteiger partial charge in [-0.3, -0.25) is 9.59 Å². The summed E-state index contributed by atoms with van der Waals surface area (Å²) >= 11 is 0. The van der Waals surface area contributed by atoms with Crippen molar-refractivity contribution < 1.29 is 14.3 Å². The summed E-state index contributed by atoms with van der Waals surface area (Å²) in [6.45, 7) is 0. The molecule has 2 amide bonds. The third-order valence-electron chi connectivity index (χ3n) is 5.09. The molecule has 0 saturated heterocycles. The maximum Gasteiger partial charge on any atom is 0.248 e. The zero-order chi connectivity index (χ0) is 15.7. The Hall–Kier alpha value is -2.04. The summed E-state index contributed by atoms with van der Waals surface area (Å²) in [5.74, 6) is 2.05. The van der Waals surface area contributed by atoms with Crippen molar-refractivity contribution >= 4 is 17.5 Å². The molecule has 3 rings (SSSR count). The van der Waals surface area contributed by atoms with Gasteiger partial charge in [-0.05, 0) is 55.2 Å². The smallest absolute Gasteiger partial charge is 0.248 e. The van der Waals surface area contributed by atoms with E-state index in [9.17, 15) is 9.59 Å². The quantitative estimate of drug-likeness (QED) is 0.877. The summed E-state index contributed by atoms with van der Waals surface area (Å²) in [6, 6.07) is 4.81. The van der Waals surface area contributed by atoms with Gasteiger partial charge >= 0.3 is 0 Å². The number of carbonyl (C=O) groups is 2. The van der Waals surface area contributed by atoms with Crippen LogP contribution in [-0.4, -0.2) is 18.9 Å². The number of rotatable bonds is 5. The SMILES string of the molecule is COc1ccc(C(N)=O)cc1NC(=O)C[C@@H]1C[C@H]2CC[C@H]1C2. The molecule has 5 nitrogen and oxygen atoms in total. The Morgan fingerprint density at radius 1 is 1.32 bits per heavy atom. The molecule has 2 saturated carbocycles. The fraction of sp³-hybridized carbons (Fsp3) is 0.529. The van der Waals surface area contributed by atoms with E-state index in [1.54, 1.807) is 18.2 Å². The summed E-state index contributed by atoms with van der Waals surface area (Å²) < 4.78 is 5.23. The first-order valence-electron chi connectivity index (χ1n) is 7.84. The number of methoxy groups -OCH3 is 1. The van der Waals surface area contributed by atoms with Crippen LogP contribution < -0.4 is 15.8 Å². The Balaban J connectivity index is 1.67. The number of benzene rings is 1. The molecule has 1 aromatic carbocycles. The first kappa shape index (κ1) is 14.9. The Morgan fingerprint density at radius 3 is 2.73 bits per heavy atom. The number of anilines is 1. The number of amides is 2. The lowest BCUT2D eigenvalue weighted by Gasteiger charge is -2.21. The van der Waals surface area contributed by atoms with Crippen LogP contribution in [0.25, 0.3) is 0 Å². The second-order valence-electron chi connectivity index (χ2n) is 6.47. The van der Waals surface area contributed by atoms with Crippen molar-refractivity contribution in [2.45, 2.75) is 32.1 Å². The van der Waals surface area contributed by atoms with Gasteiger partial charge in [0.25, 0.3) is 0 Å². The highest BCUT2D eigenvalue weighted by molar-refractivity contribution is 5.97. The van der Waals surface area contributed by atoms with Crippen LogP contribution in [0, 0.1) is 17.8 Å². The minimum atomic E-state index is -0.522. The molecule has 22 heavy (non-hydrogen) atoms. The van der Waals surface area contributed by atoms with Gasteiger partial charge in [-0.25, -0.2) is 0 Å². The summed E-state index contributed by atoms with van der Waals surface area (Å²) in [6.07, 6.45) is 5.61. The molecule has 0 radical (unpaired) electrons. The van der Waals surface area contributed by atoms with Crippen molar-refractivity contribution in [1.82, 2.24) is 0 Å². The number of fused-ring (bicyclic) bond motifs is 2. The summed E-state index contributed by atoms with van der Waals surface area (Å²) in [5.41, 5.74) is 6.15. The van der Waals surface area contributed by atoms with Crippen LogP contribution in [0.15, 0.2) is 18.2 Å². The lowest BCUT2D eigenvalue weighted by atomic mass is 9.86. The topological polar surface area (TPSA) is 81.4 Å². The minimum Gasteiger partial charge on any atom is -0.495 e. The van der Waals surface area contributed by atoms with Crippen molar-refractivity contribution in [3.8, 4) is 5.75 Å². The fourth-order valence-electron chi connectivity index (χ4n) is 4.02. The normalized spacial score (nSPS) is 26.0. The maximum absolute atomic E-state index is 12.3. The molecular formula is C17H22N2O3. The summed E-state index contributed by atoms with van der Waals surface area (Å²) in [5, 5.41) is 2.87. The zero-order valence-corrected chi connectivity index (χ0v) is 12.8. The van der Waals surface area contributed by atoms with Crippen LogP contribution >= 0.6 is 0 Å². The van der Waals surface area contributed by atoms with E-state index >= 15 is 0 Å². The molecule has 0 aromatic heterocycles. The van der Waals surface area contributed by atoms with E-state index in [0.717, 1.165) is 11.8 Å². The van der Waals surface area contributed by atoms with E-state index in [4.69, 9.17) is 10.5 Å². The standard InChI is InChI=1S/C17H22N2O3/c1-22-15-5-4-12(17(18)21)8-14(15)19-16(20)9-13-7-10-2-3-11(13)6-10/h4-5,8,10-11,13H,2-3,6-7,9H2,1H3,(H2,18,21)(H,19,20)/t10-,11-,13-/m0/s1. The van der Waals surface area contributed by atoms with Gasteiger partial charge in [-0.1, -0.05) is 6.42 Å². The van der Waals surface area contributed by atoms with Gasteiger partial charge in [0.2, 0.25) is 11.8 Å². The van der Waals surface area contributed by atoms with Gasteiger partial charge in [0, 0.05) is 12.0 Å². The van der Waals surface area contributed by atoms with Crippen molar-refractivity contribution in [2.75, 3.05) is 12.4 Å². The molecule has 0 aliphatic heterocycles. The number of nitrogens with two attached hydrogens (primary N) is 1. The average molecular weight is 302 g/mol. The number of hydrogen-bond donors (Lipinski definition) is 2. The number of ether oxygens (including phenoxy) is 1. The lowest BCUT2D eigenvalue weighted by Crippen LogP contribution is -2.21. The van der Waals surface area contributed by atoms with Crippen LogP contribution in [0.3, 0.4) is 0 Å². The van der Waals surface area contributed by atoms with Crippen LogP contribution in [0.1, 0.15) is 42.5 Å². The lowest BCUT2D eigenvalue weighted by molar-refractivity contribution is -0.117. The highest BCUT2D eigenvalue weighted by atomic mass is 16.5. The molecule has 2 aliphatic rings. The predicted molar refractivity (Wildman–Crippen MR) is 83.7 cm³/mol. The van der Waals surface area contributed by atoms with Gasteiger partial charge in [-0.15, -0.1) is 0 Å². The first-order chi connectivity index (χ1) is 10.6. The molecule has 0 heterocycles. The van der Waals surface area contributed by atoms with Crippen molar-refractivity contribution in [2.24, 2.45) is 23.5 Å². The molecule has 0 spiro atoms. The molecule has 0 unspecified atom stereocenters. The Bertz CT molecular complexity index is 600. The largest absolute Gasteiger partial charge is 0.495 e. The van der Waals surface area contributed by atoms with Crippen molar-refractivity contribution in [3.63, 3.8) is 0 Å². The molecular weight excluding hydrogens is 280 g/mol. The number of carbonyl (C=O) groups excluding carboxylic acids is 2. The van der Waals surface area contributed by atoms with E-state index in [-0.39, 0.29) is 5.91 Å². The highest BCUT2D eigenvalue weighted by Gasteiger charge is 2.40. The monoisotopic (exact) mass is 302 g/mol. The van der Waals surface area contributed by atoms with Crippen LogP contribution in [0.4, 0.5) is 5.69 Å². The summed E-state index contributed by atoms with van der Waals surface area (Å²) in [4.78, 5) is 23.6. The number of nitrogens with one attached hydrogen (secondary N) is 1. The third kappa shape index (κ3) is 2.93. The molecule has 2 fully saturated rings. The molecule has 2 bridgehead atoms. The fourth-order valence-corrected chi connectivity index (χ4v) is 4.02. The molecule has 3 atom stereocenters. The Kier molecular flexibility index (Phi) is 4.05. The Labute approximate surface area is 130 Å². The van der Waals surface area contributed by atoms with Gasteiger partial charge in [-0.2, -0.15) is 0 Å². The molecule has 1 aromatic rings. The van der Waals surface area contributed by atoms with E-state index in [1.807, 2.05) is 0 Å². The van der Waals surface area contributed by atoms with Crippen LogP contribution in [0.5, 0.6) is 5.75 Å². The van der Waals surface area contributed by atoms with Crippen LogP contribution in [-0.2, 0) is 4.79 Å².